The molecular weight excluding hydrogens is 314 g/mol. The second-order valence-electron chi connectivity index (χ2n) is 5.98. The van der Waals surface area contributed by atoms with E-state index in [4.69, 9.17) is 9.62 Å². The van der Waals surface area contributed by atoms with Crippen LogP contribution in [0.1, 0.15) is 12.5 Å². The predicted molar refractivity (Wildman–Crippen MR) is 101 cm³/mol. The molecule has 0 aliphatic rings. The largest absolute Gasteiger partial charge is 0.464 e. The smallest absolute Gasteiger partial charge is 0.134 e. The maximum absolute atomic E-state index is 9.02. The number of rotatable bonds is 7. The molecule has 0 amide bonds. The van der Waals surface area contributed by atoms with E-state index in [-0.39, 0.29) is 12.2 Å². The molecule has 130 valence electrons. The number of hydrogen-bond donors (Lipinski definition) is 4. The van der Waals surface area contributed by atoms with Crippen molar-refractivity contribution in [2.24, 2.45) is 0 Å². The third kappa shape index (κ3) is 4.09. The number of likely N-dealkylation sites (N-methyl/N-ethyl adjacent to an activating group) is 1. The van der Waals surface area contributed by atoms with E-state index in [0.29, 0.717) is 0 Å². The lowest BCUT2D eigenvalue weighted by Crippen LogP contribution is -2.51. The molecule has 0 spiro atoms. The lowest BCUT2D eigenvalue weighted by Gasteiger charge is -2.21. The van der Waals surface area contributed by atoms with Crippen LogP contribution in [-0.4, -0.2) is 24.5 Å². The van der Waals surface area contributed by atoms with E-state index >= 15 is 0 Å². The fourth-order valence-corrected chi connectivity index (χ4v) is 2.74. The summed E-state index contributed by atoms with van der Waals surface area (Å²) in [5.41, 5.74) is 6.50. The van der Waals surface area contributed by atoms with Crippen LogP contribution in [0.5, 0.6) is 0 Å². The van der Waals surface area contributed by atoms with Crippen LogP contribution >= 0.6 is 0 Å². The second-order valence-corrected chi connectivity index (χ2v) is 5.98. The maximum atomic E-state index is 9.02. The summed E-state index contributed by atoms with van der Waals surface area (Å²) in [6, 6.07) is 16.6. The Morgan fingerprint density at radius 2 is 1.80 bits per heavy atom. The number of furan rings is 1. The number of fused-ring (bicyclic) bond motifs is 1. The van der Waals surface area contributed by atoms with Crippen LogP contribution in [0.3, 0.4) is 0 Å². The zero-order chi connectivity index (χ0) is 17.6. The third-order valence-corrected chi connectivity index (χ3v) is 4.29. The highest BCUT2D eigenvalue weighted by Crippen LogP contribution is 2.25. The summed E-state index contributed by atoms with van der Waals surface area (Å²) in [7, 11) is 1.79. The molecule has 2 atom stereocenters. The zero-order valence-corrected chi connectivity index (χ0v) is 14.4. The van der Waals surface area contributed by atoms with E-state index in [2.05, 4.69) is 58.6 Å². The van der Waals surface area contributed by atoms with Crippen LogP contribution in [0, 0.1) is 0 Å². The average Bonchev–Trinajstić information content (AvgIpc) is 3.11. The number of hydrogen-bond acceptors (Lipinski definition) is 5. The van der Waals surface area contributed by atoms with Gasteiger partial charge in [0.25, 0.3) is 0 Å². The van der Waals surface area contributed by atoms with Gasteiger partial charge in [-0.1, -0.05) is 36.4 Å². The Bertz CT molecular complexity index is 836. The molecule has 1 aromatic heterocycles. The third-order valence-electron chi connectivity index (χ3n) is 4.29. The lowest BCUT2D eigenvalue weighted by molar-refractivity contribution is 0.0993. The predicted octanol–water partition coefficient (Wildman–Crippen LogP) is 3.57. The molecule has 3 rings (SSSR count). The van der Waals surface area contributed by atoms with Gasteiger partial charge in [0, 0.05) is 5.39 Å². The Balaban J connectivity index is 1.66. The average molecular weight is 337 g/mol. The highest BCUT2D eigenvalue weighted by atomic mass is 16.5. The molecule has 5 nitrogen and oxygen atoms in total. The van der Waals surface area contributed by atoms with E-state index < -0.39 is 0 Å². The summed E-state index contributed by atoms with van der Waals surface area (Å²) >= 11 is 0. The van der Waals surface area contributed by atoms with Crippen molar-refractivity contribution in [2.45, 2.75) is 19.1 Å². The molecule has 2 unspecified atom stereocenters. The minimum Gasteiger partial charge on any atom is -0.464 e. The Morgan fingerprint density at radius 1 is 1.04 bits per heavy atom. The second kappa shape index (κ2) is 7.98. The summed E-state index contributed by atoms with van der Waals surface area (Å²) < 4.78 is 5.47. The standard InChI is InChI=1S/C20H23N3O2/c1-14(20(21-2)23-24)22-11-9-15-3-5-16(6-4-15)18-8-7-17-10-12-25-19(17)13-18/h3-14,20-24H,1-2H3. The molecule has 0 aliphatic heterocycles. The molecule has 0 saturated heterocycles. The fourth-order valence-electron chi connectivity index (χ4n) is 2.74. The van der Waals surface area contributed by atoms with Crippen LogP contribution in [0.25, 0.3) is 28.2 Å². The molecule has 5 heteroatoms. The van der Waals surface area contributed by atoms with E-state index in [9.17, 15) is 0 Å². The Hall–Kier alpha value is -2.60. The van der Waals surface area contributed by atoms with Gasteiger partial charge in [-0.25, -0.2) is 0 Å². The van der Waals surface area contributed by atoms with Crippen LogP contribution in [0.2, 0.25) is 0 Å². The molecule has 0 bridgehead atoms. The Morgan fingerprint density at radius 3 is 2.52 bits per heavy atom. The number of hydroxylamine groups is 1. The molecule has 0 saturated carbocycles. The number of nitrogens with one attached hydrogen (secondary N) is 3. The van der Waals surface area contributed by atoms with Gasteiger partial charge in [-0.3, -0.25) is 0 Å². The first-order valence-corrected chi connectivity index (χ1v) is 8.28. The Kier molecular flexibility index (Phi) is 5.50. The normalized spacial score (nSPS) is 14.0. The van der Waals surface area contributed by atoms with Crippen LogP contribution < -0.4 is 16.1 Å². The number of benzene rings is 2. The van der Waals surface area contributed by atoms with Crippen molar-refractivity contribution < 1.29 is 9.62 Å². The van der Waals surface area contributed by atoms with Crippen molar-refractivity contribution in [1.29, 1.82) is 0 Å². The highest BCUT2D eigenvalue weighted by Gasteiger charge is 2.11. The minimum atomic E-state index is -0.219. The SMILES string of the molecule is CNC(NO)C(C)NC=Cc1ccc(-c2ccc3ccoc3c2)cc1. The minimum absolute atomic E-state index is 0.0329. The van der Waals surface area contributed by atoms with E-state index in [1.165, 1.54) is 0 Å². The van der Waals surface area contributed by atoms with Crippen LogP contribution in [0.15, 0.2) is 65.4 Å². The van der Waals surface area contributed by atoms with E-state index in [1.54, 1.807) is 13.3 Å². The van der Waals surface area contributed by atoms with Crippen LogP contribution in [-0.2, 0) is 0 Å². The van der Waals surface area contributed by atoms with Gasteiger partial charge < -0.3 is 20.3 Å². The summed E-state index contributed by atoms with van der Waals surface area (Å²) in [6.45, 7) is 1.97. The fraction of sp³-hybridized carbons (Fsp3) is 0.200. The van der Waals surface area contributed by atoms with Crippen molar-refractivity contribution in [3.63, 3.8) is 0 Å². The molecule has 1 heterocycles. The van der Waals surface area contributed by atoms with Crippen molar-refractivity contribution >= 4 is 17.0 Å². The molecule has 0 fully saturated rings. The zero-order valence-electron chi connectivity index (χ0n) is 14.4. The Labute approximate surface area is 147 Å². The molecule has 25 heavy (non-hydrogen) atoms. The summed E-state index contributed by atoms with van der Waals surface area (Å²) in [5, 5.41) is 16.3. The molecule has 0 aliphatic carbocycles. The van der Waals surface area contributed by atoms with Crippen LogP contribution in [0.4, 0.5) is 0 Å². The summed E-state index contributed by atoms with van der Waals surface area (Å²) in [4.78, 5) is 0. The summed E-state index contributed by atoms with van der Waals surface area (Å²) in [5.74, 6) is 0. The molecule has 3 aromatic rings. The van der Waals surface area contributed by atoms with Gasteiger partial charge in [0.2, 0.25) is 0 Å². The maximum Gasteiger partial charge on any atom is 0.134 e. The molecule has 2 aromatic carbocycles. The quantitative estimate of drug-likeness (QED) is 0.392. The van der Waals surface area contributed by atoms with Crippen molar-refractivity contribution in [3.8, 4) is 11.1 Å². The first-order chi connectivity index (χ1) is 12.2. The molecule has 0 radical (unpaired) electrons. The molecular formula is C20H23N3O2. The highest BCUT2D eigenvalue weighted by molar-refractivity contribution is 5.83. The lowest BCUT2D eigenvalue weighted by atomic mass is 10.0. The van der Waals surface area contributed by atoms with Crippen molar-refractivity contribution in [3.05, 3.63) is 66.6 Å². The van der Waals surface area contributed by atoms with Gasteiger partial charge in [0.15, 0.2) is 0 Å². The van der Waals surface area contributed by atoms with Gasteiger partial charge in [0.1, 0.15) is 11.7 Å². The topological polar surface area (TPSA) is 69.5 Å². The monoisotopic (exact) mass is 337 g/mol. The van der Waals surface area contributed by atoms with Gasteiger partial charge >= 0.3 is 0 Å². The van der Waals surface area contributed by atoms with E-state index in [0.717, 1.165) is 27.7 Å². The first kappa shape index (κ1) is 17.2. The van der Waals surface area contributed by atoms with Crippen molar-refractivity contribution in [2.75, 3.05) is 7.05 Å². The van der Waals surface area contributed by atoms with E-state index in [1.807, 2.05) is 25.3 Å². The molecule has 4 N–H and O–H groups in total. The van der Waals surface area contributed by atoms with Crippen molar-refractivity contribution in [1.82, 2.24) is 16.1 Å². The van der Waals surface area contributed by atoms with Gasteiger partial charge in [-0.05, 0) is 55.1 Å². The summed E-state index contributed by atoms with van der Waals surface area (Å²) in [6.07, 6.45) is 5.38. The van der Waals surface area contributed by atoms with Gasteiger partial charge in [-0.15, -0.1) is 0 Å². The van der Waals surface area contributed by atoms with Gasteiger partial charge in [-0.2, -0.15) is 5.48 Å². The first-order valence-electron chi connectivity index (χ1n) is 8.28. The van der Waals surface area contributed by atoms with Gasteiger partial charge in [0.05, 0.1) is 12.3 Å².